The minimum absolute atomic E-state index is 0.186. The van der Waals surface area contributed by atoms with Crippen molar-refractivity contribution in [3.05, 3.63) is 42.2 Å². The molecule has 0 fully saturated rings. The zero-order valence-corrected chi connectivity index (χ0v) is 10.8. The lowest BCUT2D eigenvalue weighted by Gasteiger charge is -2.10. The Balaban J connectivity index is 1.95. The van der Waals surface area contributed by atoms with E-state index in [1.807, 2.05) is 25.4 Å². The van der Waals surface area contributed by atoms with Crippen LogP contribution in [0.2, 0.25) is 0 Å². The van der Waals surface area contributed by atoms with Gasteiger partial charge in [-0.1, -0.05) is 25.1 Å². The normalized spacial score (nSPS) is 12.8. The first-order chi connectivity index (χ1) is 8.81. The highest BCUT2D eigenvalue weighted by Gasteiger charge is 2.02. The lowest BCUT2D eigenvalue weighted by molar-refractivity contribution is 0.159. The molecular weight excluding hydrogens is 224 g/mol. The molecule has 3 nitrogen and oxygen atoms in total. The van der Waals surface area contributed by atoms with Gasteiger partial charge in [0.15, 0.2) is 0 Å². The second kappa shape index (κ2) is 6.47. The van der Waals surface area contributed by atoms with Crippen LogP contribution in [-0.4, -0.2) is 22.7 Å². The number of hydrogen-bond acceptors (Lipinski definition) is 3. The molecule has 0 aliphatic heterocycles. The molecule has 0 saturated heterocycles. The Bertz CT molecular complexity index is 493. The second-order valence-corrected chi connectivity index (χ2v) is 4.54. The molecule has 3 heteroatoms. The van der Waals surface area contributed by atoms with Gasteiger partial charge >= 0.3 is 0 Å². The number of aliphatic hydroxyl groups is 1. The van der Waals surface area contributed by atoms with Gasteiger partial charge < -0.3 is 10.4 Å². The molecule has 0 spiro atoms. The van der Waals surface area contributed by atoms with Crippen LogP contribution in [0.1, 0.15) is 25.3 Å². The summed E-state index contributed by atoms with van der Waals surface area (Å²) in [6.45, 7) is 3.68. The third-order valence-electron chi connectivity index (χ3n) is 3.21. The molecule has 1 unspecified atom stereocenters. The van der Waals surface area contributed by atoms with Crippen LogP contribution in [0.15, 0.2) is 36.7 Å². The standard InChI is InChI=1S/C15H20N2O/c1-2-14(18)6-8-16-10-12-4-3-5-13-11-17-9-7-15(12)13/h3-5,7,9,11,14,16,18H,2,6,8,10H2,1H3. The van der Waals surface area contributed by atoms with Crippen molar-refractivity contribution in [2.45, 2.75) is 32.4 Å². The maximum Gasteiger partial charge on any atom is 0.0549 e. The maximum atomic E-state index is 9.48. The Morgan fingerprint density at radius 3 is 3.06 bits per heavy atom. The molecule has 2 N–H and O–H groups in total. The summed E-state index contributed by atoms with van der Waals surface area (Å²) in [6, 6.07) is 8.31. The van der Waals surface area contributed by atoms with E-state index in [9.17, 15) is 5.11 Å². The van der Waals surface area contributed by atoms with Gasteiger partial charge in [0.05, 0.1) is 6.10 Å². The van der Waals surface area contributed by atoms with E-state index in [2.05, 4.69) is 28.5 Å². The Morgan fingerprint density at radius 2 is 2.22 bits per heavy atom. The molecule has 0 aliphatic rings. The highest BCUT2D eigenvalue weighted by atomic mass is 16.3. The van der Waals surface area contributed by atoms with Crippen molar-refractivity contribution >= 4 is 10.8 Å². The summed E-state index contributed by atoms with van der Waals surface area (Å²) in [5, 5.41) is 15.3. The number of aromatic nitrogens is 1. The molecule has 96 valence electrons. The Morgan fingerprint density at radius 1 is 1.33 bits per heavy atom. The summed E-state index contributed by atoms with van der Waals surface area (Å²) in [4.78, 5) is 4.13. The number of aliphatic hydroxyl groups excluding tert-OH is 1. The molecule has 2 aromatic rings. The van der Waals surface area contributed by atoms with Crippen LogP contribution in [0.4, 0.5) is 0 Å². The van der Waals surface area contributed by atoms with Crippen LogP contribution in [0, 0.1) is 0 Å². The maximum absolute atomic E-state index is 9.48. The van der Waals surface area contributed by atoms with Gasteiger partial charge in [0, 0.05) is 24.3 Å². The molecule has 1 atom stereocenters. The van der Waals surface area contributed by atoms with Crippen molar-refractivity contribution in [3.8, 4) is 0 Å². The molecule has 2 rings (SSSR count). The Kier molecular flexibility index (Phi) is 4.67. The average Bonchev–Trinajstić information content (AvgIpc) is 2.43. The van der Waals surface area contributed by atoms with Crippen LogP contribution < -0.4 is 5.32 Å². The fourth-order valence-electron chi connectivity index (χ4n) is 2.04. The predicted octanol–water partition coefficient (Wildman–Crippen LogP) is 2.49. The number of rotatable bonds is 6. The van der Waals surface area contributed by atoms with Gasteiger partial charge in [-0.05, 0) is 36.4 Å². The minimum Gasteiger partial charge on any atom is -0.393 e. The molecule has 0 radical (unpaired) electrons. The minimum atomic E-state index is -0.186. The van der Waals surface area contributed by atoms with Gasteiger partial charge in [-0.3, -0.25) is 4.98 Å². The second-order valence-electron chi connectivity index (χ2n) is 4.54. The average molecular weight is 244 g/mol. The van der Waals surface area contributed by atoms with Crippen LogP contribution in [0.5, 0.6) is 0 Å². The van der Waals surface area contributed by atoms with Crippen molar-refractivity contribution in [2.75, 3.05) is 6.54 Å². The summed E-state index contributed by atoms with van der Waals surface area (Å²) in [6.07, 6.45) is 5.16. The lowest BCUT2D eigenvalue weighted by Crippen LogP contribution is -2.19. The Hall–Kier alpha value is -1.45. The monoisotopic (exact) mass is 244 g/mol. The molecule has 0 bridgehead atoms. The quantitative estimate of drug-likeness (QED) is 0.767. The third kappa shape index (κ3) is 3.28. The lowest BCUT2D eigenvalue weighted by atomic mass is 10.1. The number of nitrogens with zero attached hydrogens (tertiary/aromatic N) is 1. The largest absolute Gasteiger partial charge is 0.393 e. The summed E-state index contributed by atoms with van der Waals surface area (Å²) in [7, 11) is 0. The van der Waals surface area contributed by atoms with Gasteiger partial charge in [0.1, 0.15) is 0 Å². The van der Waals surface area contributed by atoms with Crippen LogP contribution >= 0.6 is 0 Å². The zero-order chi connectivity index (χ0) is 12.8. The van der Waals surface area contributed by atoms with Gasteiger partial charge in [-0.2, -0.15) is 0 Å². The molecule has 1 aromatic heterocycles. The highest BCUT2D eigenvalue weighted by molar-refractivity contribution is 5.84. The van der Waals surface area contributed by atoms with E-state index in [4.69, 9.17) is 0 Å². The van der Waals surface area contributed by atoms with Crippen molar-refractivity contribution in [1.29, 1.82) is 0 Å². The van der Waals surface area contributed by atoms with E-state index in [-0.39, 0.29) is 6.10 Å². The third-order valence-corrected chi connectivity index (χ3v) is 3.21. The number of benzene rings is 1. The molecule has 1 aromatic carbocycles. The first kappa shape index (κ1) is 13.0. The number of fused-ring (bicyclic) bond motifs is 1. The smallest absolute Gasteiger partial charge is 0.0549 e. The summed E-state index contributed by atoms with van der Waals surface area (Å²) in [5.74, 6) is 0. The van der Waals surface area contributed by atoms with E-state index >= 15 is 0 Å². The van der Waals surface area contributed by atoms with Crippen molar-refractivity contribution in [1.82, 2.24) is 10.3 Å². The fraction of sp³-hybridized carbons (Fsp3) is 0.400. The number of pyridine rings is 1. The van der Waals surface area contributed by atoms with Gasteiger partial charge in [-0.15, -0.1) is 0 Å². The molecule has 0 saturated carbocycles. The molecule has 0 amide bonds. The highest BCUT2D eigenvalue weighted by Crippen LogP contribution is 2.17. The zero-order valence-electron chi connectivity index (χ0n) is 10.8. The predicted molar refractivity (Wildman–Crippen MR) is 74.4 cm³/mol. The van der Waals surface area contributed by atoms with Gasteiger partial charge in [-0.25, -0.2) is 0 Å². The summed E-state index contributed by atoms with van der Waals surface area (Å²) >= 11 is 0. The van der Waals surface area contributed by atoms with E-state index < -0.39 is 0 Å². The first-order valence-corrected chi connectivity index (χ1v) is 6.51. The van der Waals surface area contributed by atoms with Crippen LogP contribution in [0.25, 0.3) is 10.8 Å². The topological polar surface area (TPSA) is 45.1 Å². The van der Waals surface area contributed by atoms with Gasteiger partial charge in [0.2, 0.25) is 0 Å². The Labute approximate surface area is 108 Å². The van der Waals surface area contributed by atoms with E-state index in [1.54, 1.807) is 0 Å². The fourth-order valence-corrected chi connectivity index (χ4v) is 2.04. The van der Waals surface area contributed by atoms with Crippen molar-refractivity contribution in [2.24, 2.45) is 0 Å². The van der Waals surface area contributed by atoms with E-state index in [1.165, 1.54) is 16.3 Å². The molecular formula is C15H20N2O. The summed E-state index contributed by atoms with van der Waals surface area (Å²) < 4.78 is 0. The van der Waals surface area contributed by atoms with Crippen molar-refractivity contribution in [3.63, 3.8) is 0 Å². The van der Waals surface area contributed by atoms with Crippen LogP contribution in [-0.2, 0) is 6.54 Å². The van der Waals surface area contributed by atoms with E-state index in [0.717, 1.165) is 25.9 Å². The molecule has 18 heavy (non-hydrogen) atoms. The number of hydrogen-bond donors (Lipinski definition) is 2. The van der Waals surface area contributed by atoms with Gasteiger partial charge in [0.25, 0.3) is 0 Å². The van der Waals surface area contributed by atoms with E-state index in [0.29, 0.717) is 0 Å². The van der Waals surface area contributed by atoms with Crippen molar-refractivity contribution < 1.29 is 5.11 Å². The first-order valence-electron chi connectivity index (χ1n) is 6.51. The number of nitrogens with one attached hydrogen (secondary N) is 1. The molecule has 1 heterocycles. The van der Waals surface area contributed by atoms with Crippen LogP contribution in [0.3, 0.4) is 0 Å². The summed E-state index contributed by atoms with van der Waals surface area (Å²) in [5.41, 5.74) is 1.28. The molecule has 0 aliphatic carbocycles. The SMILES string of the molecule is CCC(O)CCNCc1cccc2cnccc12.